The average Bonchev–Trinajstić information content (AvgIpc) is 2.56. The van der Waals surface area contributed by atoms with Crippen LogP contribution in [0.1, 0.15) is 45.4 Å². The van der Waals surface area contributed by atoms with Gasteiger partial charge in [-0.2, -0.15) is 0 Å². The Bertz CT molecular complexity index is 261. The molecular weight excluding hydrogens is 212 g/mol. The molecule has 2 heteroatoms. The smallest absolute Gasteiger partial charge is 0.185 e. The SMILES string of the molecule is C#C[C@]1(O[Si](C)(C)C)CCC[C@H]1CCCC. The van der Waals surface area contributed by atoms with Crippen molar-refractivity contribution in [1.82, 2.24) is 0 Å². The highest BCUT2D eigenvalue weighted by Gasteiger charge is 2.44. The van der Waals surface area contributed by atoms with Crippen molar-refractivity contribution in [3.8, 4) is 12.3 Å². The van der Waals surface area contributed by atoms with Crippen LogP contribution in [-0.2, 0) is 4.43 Å². The second-order valence-corrected chi connectivity index (χ2v) is 10.4. The summed E-state index contributed by atoms with van der Waals surface area (Å²) in [7, 11) is -1.54. The van der Waals surface area contributed by atoms with Crippen LogP contribution in [0, 0.1) is 18.3 Å². The Hall–Kier alpha value is -0.263. The first kappa shape index (κ1) is 13.8. The molecule has 16 heavy (non-hydrogen) atoms. The molecule has 0 N–H and O–H groups in total. The first-order chi connectivity index (χ1) is 7.43. The lowest BCUT2D eigenvalue weighted by Gasteiger charge is -2.36. The predicted octanol–water partition coefficient (Wildman–Crippen LogP) is 4.20. The lowest BCUT2D eigenvalue weighted by Crippen LogP contribution is -2.44. The Morgan fingerprint density at radius 2 is 2.12 bits per heavy atom. The summed E-state index contributed by atoms with van der Waals surface area (Å²) in [5.41, 5.74) is -0.223. The van der Waals surface area contributed by atoms with Gasteiger partial charge in [-0.05, 0) is 51.2 Å². The van der Waals surface area contributed by atoms with E-state index in [1.165, 1.54) is 32.1 Å². The zero-order valence-corrected chi connectivity index (χ0v) is 12.3. The van der Waals surface area contributed by atoms with E-state index in [0.29, 0.717) is 5.92 Å². The Kier molecular flexibility index (Phi) is 4.64. The summed E-state index contributed by atoms with van der Waals surface area (Å²) in [6.45, 7) is 8.95. The number of unbranched alkanes of at least 4 members (excludes halogenated alkanes) is 1. The Morgan fingerprint density at radius 1 is 1.44 bits per heavy atom. The van der Waals surface area contributed by atoms with Gasteiger partial charge in [-0.15, -0.1) is 6.42 Å². The fraction of sp³-hybridized carbons (Fsp3) is 0.857. The molecule has 1 aliphatic carbocycles. The molecule has 0 unspecified atom stereocenters. The van der Waals surface area contributed by atoms with Crippen molar-refractivity contribution >= 4 is 8.32 Å². The summed E-state index contributed by atoms with van der Waals surface area (Å²) in [5, 5.41) is 0. The van der Waals surface area contributed by atoms with E-state index in [1.54, 1.807) is 0 Å². The van der Waals surface area contributed by atoms with Crippen LogP contribution in [0.5, 0.6) is 0 Å². The molecule has 1 nitrogen and oxygen atoms in total. The van der Waals surface area contributed by atoms with E-state index in [4.69, 9.17) is 10.8 Å². The molecule has 1 fully saturated rings. The minimum atomic E-state index is -1.54. The van der Waals surface area contributed by atoms with E-state index in [9.17, 15) is 0 Å². The molecule has 0 spiro atoms. The van der Waals surface area contributed by atoms with Crippen molar-refractivity contribution in [3.63, 3.8) is 0 Å². The fourth-order valence-electron chi connectivity index (χ4n) is 2.78. The van der Waals surface area contributed by atoms with E-state index in [0.717, 1.165) is 6.42 Å². The van der Waals surface area contributed by atoms with Crippen molar-refractivity contribution in [1.29, 1.82) is 0 Å². The molecule has 92 valence electrons. The number of terminal acetylenes is 1. The molecule has 1 saturated carbocycles. The highest BCUT2D eigenvalue weighted by molar-refractivity contribution is 6.69. The summed E-state index contributed by atoms with van der Waals surface area (Å²) in [4.78, 5) is 0. The van der Waals surface area contributed by atoms with Gasteiger partial charge >= 0.3 is 0 Å². The maximum Gasteiger partial charge on any atom is 0.185 e. The van der Waals surface area contributed by atoms with Crippen LogP contribution in [0.3, 0.4) is 0 Å². The highest BCUT2D eigenvalue weighted by atomic mass is 28.4. The number of hydrogen-bond donors (Lipinski definition) is 0. The molecule has 0 bridgehead atoms. The van der Waals surface area contributed by atoms with Crippen LogP contribution in [0.25, 0.3) is 0 Å². The van der Waals surface area contributed by atoms with Crippen molar-refractivity contribution in [2.75, 3.05) is 0 Å². The van der Waals surface area contributed by atoms with Gasteiger partial charge in [0.15, 0.2) is 8.32 Å². The first-order valence-corrected chi connectivity index (χ1v) is 10.0. The Morgan fingerprint density at radius 3 is 2.62 bits per heavy atom. The van der Waals surface area contributed by atoms with Crippen molar-refractivity contribution in [2.24, 2.45) is 5.92 Å². The number of rotatable bonds is 5. The van der Waals surface area contributed by atoms with Gasteiger partial charge in [0, 0.05) is 0 Å². The van der Waals surface area contributed by atoms with Crippen molar-refractivity contribution < 1.29 is 4.43 Å². The van der Waals surface area contributed by atoms with Crippen LogP contribution in [0.15, 0.2) is 0 Å². The highest BCUT2D eigenvalue weighted by Crippen LogP contribution is 2.42. The molecule has 0 aromatic heterocycles. The van der Waals surface area contributed by atoms with Gasteiger partial charge in [0.2, 0.25) is 0 Å². The fourth-order valence-corrected chi connectivity index (χ4v) is 4.20. The minimum Gasteiger partial charge on any atom is -0.401 e. The van der Waals surface area contributed by atoms with Crippen molar-refractivity contribution in [3.05, 3.63) is 0 Å². The quantitative estimate of drug-likeness (QED) is 0.515. The van der Waals surface area contributed by atoms with Gasteiger partial charge < -0.3 is 4.43 Å². The summed E-state index contributed by atoms with van der Waals surface area (Å²) >= 11 is 0. The molecule has 0 aromatic rings. The molecule has 2 atom stereocenters. The van der Waals surface area contributed by atoms with Crippen LogP contribution in [0.4, 0.5) is 0 Å². The second kappa shape index (κ2) is 5.38. The van der Waals surface area contributed by atoms with Gasteiger partial charge in [-0.3, -0.25) is 0 Å². The lowest BCUT2D eigenvalue weighted by molar-refractivity contribution is 0.0752. The lowest BCUT2D eigenvalue weighted by atomic mass is 9.87. The first-order valence-electron chi connectivity index (χ1n) is 6.61. The topological polar surface area (TPSA) is 9.23 Å². The van der Waals surface area contributed by atoms with Gasteiger partial charge in [0.25, 0.3) is 0 Å². The van der Waals surface area contributed by atoms with Gasteiger partial charge in [-0.1, -0.05) is 25.7 Å². The van der Waals surface area contributed by atoms with Crippen molar-refractivity contribution in [2.45, 2.75) is 70.7 Å². The number of hydrogen-bond acceptors (Lipinski definition) is 1. The van der Waals surface area contributed by atoms with Gasteiger partial charge in [0.05, 0.1) is 0 Å². The van der Waals surface area contributed by atoms with E-state index in [1.807, 2.05) is 0 Å². The second-order valence-electron chi connectivity index (χ2n) is 5.98. The maximum atomic E-state index is 6.35. The Balaban J connectivity index is 2.73. The standard InChI is InChI=1S/C14H26OSi/c1-6-8-10-13-11-9-12-14(13,7-2)15-16(3,4)5/h2,13H,6,8-12H2,1,3-5H3/t13-,14+/m1/s1. The van der Waals surface area contributed by atoms with E-state index in [2.05, 4.69) is 32.5 Å². The summed E-state index contributed by atoms with van der Waals surface area (Å²) < 4.78 is 6.35. The predicted molar refractivity (Wildman–Crippen MR) is 72.9 cm³/mol. The minimum absolute atomic E-state index is 0.223. The zero-order valence-electron chi connectivity index (χ0n) is 11.3. The monoisotopic (exact) mass is 238 g/mol. The average molecular weight is 238 g/mol. The molecule has 0 radical (unpaired) electrons. The summed E-state index contributed by atoms with van der Waals surface area (Å²) in [5.74, 6) is 3.61. The zero-order chi connectivity index (χ0) is 12.2. The molecule has 1 aliphatic rings. The van der Waals surface area contributed by atoms with E-state index in [-0.39, 0.29) is 5.60 Å². The molecule has 0 heterocycles. The molecule has 1 rings (SSSR count). The van der Waals surface area contributed by atoms with Gasteiger partial charge in [0.1, 0.15) is 5.60 Å². The van der Waals surface area contributed by atoms with E-state index < -0.39 is 8.32 Å². The summed E-state index contributed by atoms with van der Waals surface area (Å²) in [6.07, 6.45) is 13.1. The summed E-state index contributed by atoms with van der Waals surface area (Å²) in [6, 6.07) is 0. The van der Waals surface area contributed by atoms with Crippen LogP contribution in [0.2, 0.25) is 19.6 Å². The largest absolute Gasteiger partial charge is 0.401 e. The molecule has 0 aromatic carbocycles. The molecule has 0 amide bonds. The molecule has 0 saturated heterocycles. The third-order valence-corrected chi connectivity index (χ3v) is 4.38. The normalized spacial score (nSPS) is 30.3. The van der Waals surface area contributed by atoms with Crippen LogP contribution < -0.4 is 0 Å². The molecular formula is C14H26OSi. The Labute approximate surface area is 102 Å². The molecule has 0 aliphatic heterocycles. The maximum absolute atomic E-state index is 6.35. The van der Waals surface area contributed by atoms with E-state index >= 15 is 0 Å². The van der Waals surface area contributed by atoms with Crippen LogP contribution >= 0.6 is 0 Å². The third-order valence-electron chi connectivity index (χ3n) is 3.40. The van der Waals surface area contributed by atoms with Gasteiger partial charge in [-0.25, -0.2) is 0 Å². The third kappa shape index (κ3) is 3.36. The van der Waals surface area contributed by atoms with Crippen LogP contribution in [-0.4, -0.2) is 13.9 Å².